The lowest BCUT2D eigenvalue weighted by Gasteiger charge is -2.20. The second-order valence-electron chi connectivity index (χ2n) is 6.77. The molecule has 0 atom stereocenters. The van der Waals surface area contributed by atoms with Gasteiger partial charge in [0, 0.05) is 40.9 Å². The monoisotopic (exact) mass is 398 g/mol. The lowest BCUT2D eigenvalue weighted by Crippen LogP contribution is -2.15. The molecule has 4 rings (SSSR count). The van der Waals surface area contributed by atoms with Crippen molar-refractivity contribution >= 4 is 56.4 Å². The Hall–Kier alpha value is -2.47. The Bertz CT molecular complexity index is 1150. The van der Waals surface area contributed by atoms with E-state index < -0.39 is 5.60 Å². The molecule has 0 spiro atoms. The number of hydrogen-bond acceptors (Lipinski definition) is 5. The van der Waals surface area contributed by atoms with Crippen LogP contribution in [0.1, 0.15) is 19.4 Å². The standard InChI is InChI=1S/C20H16Cl2N4O/c1-20(2,27)11-7-15(21)18(16(22)8-11)26-19-12-3-5-23-9-13(12)14-10-24-6-4-17(14)25-19/h3-10,27H,1-2H3,(H,25,26). The number of aliphatic hydroxyl groups is 1. The summed E-state index contributed by atoms with van der Waals surface area (Å²) in [4.78, 5) is 13.1. The van der Waals surface area contributed by atoms with Crippen molar-refractivity contribution in [1.29, 1.82) is 0 Å². The summed E-state index contributed by atoms with van der Waals surface area (Å²) in [5.41, 5.74) is 0.909. The van der Waals surface area contributed by atoms with E-state index in [0.29, 0.717) is 27.1 Å². The van der Waals surface area contributed by atoms with E-state index in [4.69, 9.17) is 28.2 Å². The highest BCUT2D eigenvalue weighted by Gasteiger charge is 2.20. The van der Waals surface area contributed by atoms with Crippen LogP contribution in [0, 0.1) is 0 Å². The molecule has 0 fully saturated rings. The first kappa shape index (κ1) is 17.9. The minimum atomic E-state index is -1.04. The van der Waals surface area contributed by atoms with E-state index in [0.717, 1.165) is 21.7 Å². The number of nitrogens with zero attached hydrogens (tertiary/aromatic N) is 3. The third kappa shape index (κ3) is 3.30. The molecular formula is C20H16Cl2N4O. The van der Waals surface area contributed by atoms with Crippen LogP contribution in [0.15, 0.2) is 49.1 Å². The minimum Gasteiger partial charge on any atom is -0.386 e. The van der Waals surface area contributed by atoms with Crippen LogP contribution >= 0.6 is 23.2 Å². The fraction of sp³-hybridized carbons (Fsp3) is 0.150. The van der Waals surface area contributed by atoms with Gasteiger partial charge in [-0.05, 0) is 43.7 Å². The first-order valence-corrected chi connectivity index (χ1v) is 9.06. The van der Waals surface area contributed by atoms with Crippen molar-refractivity contribution in [2.24, 2.45) is 0 Å². The summed E-state index contributed by atoms with van der Waals surface area (Å²) in [7, 11) is 0. The second-order valence-corrected chi connectivity index (χ2v) is 7.59. The molecule has 0 radical (unpaired) electrons. The van der Waals surface area contributed by atoms with Crippen LogP contribution in [0.5, 0.6) is 0 Å². The van der Waals surface area contributed by atoms with Crippen molar-refractivity contribution in [2.45, 2.75) is 19.4 Å². The molecule has 0 aliphatic carbocycles. The highest BCUT2D eigenvalue weighted by Crippen LogP contribution is 2.38. The zero-order chi connectivity index (χ0) is 19.2. The Kier molecular flexibility index (Phi) is 4.38. The number of pyridine rings is 3. The quantitative estimate of drug-likeness (QED) is 0.448. The van der Waals surface area contributed by atoms with Crippen molar-refractivity contribution in [2.75, 3.05) is 5.32 Å². The van der Waals surface area contributed by atoms with Gasteiger partial charge in [-0.3, -0.25) is 9.97 Å². The van der Waals surface area contributed by atoms with Crippen LogP contribution in [-0.2, 0) is 5.60 Å². The molecule has 2 N–H and O–H groups in total. The van der Waals surface area contributed by atoms with E-state index in [1.54, 1.807) is 50.8 Å². The van der Waals surface area contributed by atoms with E-state index >= 15 is 0 Å². The van der Waals surface area contributed by atoms with Crippen molar-refractivity contribution in [3.05, 3.63) is 64.7 Å². The number of nitrogens with one attached hydrogen (secondary N) is 1. The van der Waals surface area contributed by atoms with Gasteiger partial charge in [-0.15, -0.1) is 0 Å². The van der Waals surface area contributed by atoms with E-state index in [1.807, 2.05) is 12.1 Å². The van der Waals surface area contributed by atoms with Crippen LogP contribution in [0.2, 0.25) is 10.0 Å². The number of anilines is 2. The summed E-state index contributed by atoms with van der Waals surface area (Å²) >= 11 is 12.9. The number of aromatic nitrogens is 3. The number of benzene rings is 1. The molecule has 3 aromatic heterocycles. The van der Waals surface area contributed by atoms with Gasteiger partial charge in [0.1, 0.15) is 5.82 Å². The maximum Gasteiger partial charge on any atom is 0.139 e. The molecule has 27 heavy (non-hydrogen) atoms. The van der Waals surface area contributed by atoms with E-state index in [-0.39, 0.29) is 0 Å². The summed E-state index contributed by atoms with van der Waals surface area (Å²) < 4.78 is 0. The largest absolute Gasteiger partial charge is 0.386 e. The number of hydrogen-bond donors (Lipinski definition) is 2. The van der Waals surface area contributed by atoms with Gasteiger partial charge < -0.3 is 10.4 Å². The van der Waals surface area contributed by atoms with Crippen LogP contribution in [-0.4, -0.2) is 20.1 Å². The fourth-order valence-electron chi connectivity index (χ4n) is 2.95. The Morgan fingerprint density at radius 3 is 2.22 bits per heavy atom. The summed E-state index contributed by atoms with van der Waals surface area (Å²) in [6.07, 6.45) is 6.96. The van der Waals surface area contributed by atoms with Gasteiger partial charge in [-0.2, -0.15) is 0 Å². The Morgan fingerprint density at radius 2 is 1.56 bits per heavy atom. The zero-order valence-corrected chi connectivity index (χ0v) is 16.2. The van der Waals surface area contributed by atoms with Gasteiger partial charge in [-0.25, -0.2) is 4.98 Å². The Labute approximate surface area is 166 Å². The summed E-state index contributed by atoms with van der Waals surface area (Å²) in [6, 6.07) is 7.12. The van der Waals surface area contributed by atoms with Crippen LogP contribution in [0.4, 0.5) is 11.5 Å². The lowest BCUT2D eigenvalue weighted by atomic mass is 9.98. The molecule has 0 aliphatic rings. The van der Waals surface area contributed by atoms with Crippen LogP contribution < -0.4 is 5.32 Å². The zero-order valence-electron chi connectivity index (χ0n) is 14.7. The molecule has 1 aromatic carbocycles. The molecule has 0 saturated heterocycles. The molecule has 0 saturated carbocycles. The lowest BCUT2D eigenvalue weighted by molar-refractivity contribution is 0.0786. The SMILES string of the molecule is CC(C)(O)c1cc(Cl)c(Nc2nc3ccncc3c3cnccc23)c(Cl)c1. The van der Waals surface area contributed by atoms with Gasteiger partial charge in [0.25, 0.3) is 0 Å². The van der Waals surface area contributed by atoms with Crippen molar-refractivity contribution in [3.8, 4) is 0 Å². The summed E-state index contributed by atoms with van der Waals surface area (Å²) in [5.74, 6) is 0.617. The van der Waals surface area contributed by atoms with Crippen LogP contribution in [0.3, 0.4) is 0 Å². The molecule has 4 aromatic rings. The molecule has 0 amide bonds. The average molecular weight is 399 g/mol. The molecular weight excluding hydrogens is 383 g/mol. The molecule has 136 valence electrons. The third-order valence-electron chi connectivity index (χ3n) is 4.39. The predicted octanol–water partition coefficient (Wildman–Crippen LogP) is 5.46. The normalized spacial score (nSPS) is 11.9. The molecule has 3 heterocycles. The van der Waals surface area contributed by atoms with E-state index in [2.05, 4.69) is 15.3 Å². The number of fused-ring (bicyclic) bond motifs is 3. The number of halogens is 2. The van der Waals surface area contributed by atoms with Crippen molar-refractivity contribution in [1.82, 2.24) is 15.0 Å². The predicted molar refractivity (Wildman–Crippen MR) is 110 cm³/mol. The Balaban J connectivity index is 1.89. The summed E-state index contributed by atoms with van der Waals surface area (Å²) in [5, 5.41) is 17.0. The molecule has 7 heteroatoms. The van der Waals surface area contributed by atoms with Crippen LogP contribution in [0.25, 0.3) is 21.7 Å². The van der Waals surface area contributed by atoms with Gasteiger partial charge in [-0.1, -0.05) is 23.2 Å². The molecule has 0 unspecified atom stereocenters. The Morgan fingerprint density at radius 1 is 0.926 bits per heavy atom. The average Bonchev–Trinajstić information content (AvgIpc) is 2.63. The van der Waals surface area contributed by atoms with E-state index in [1.165, 1.54) is 0 Å². The summed E-state index contributed by atoms with van der Waals surface area (Å²) in [6.45, 7) is 3.36. The van der Waals surface area contributed by atoms with Gasteiger partial charge in [0.05, 0.1) is 26.9 Å². The minimum absolute atomic E-state index is 0.401. The highest BCUT2D eigenvalue weighted by molar-refractivity contribution is 6.39. The third-order valence-corrected chi connectivity index (χ3v) is 4.98. The first-order chi connectivity index (χ1) is 12.8. The molecule has 0 aliphatic heterocycles. The van der Waals surface area contributed by atoms with Crippen molar-refractivity contribution in [3.63, 3.8) is 0 Å². The number of rotatable bonds is 3. The topological polar surface area (TPSA) is 70.9 Å². The second kappa shape index (κ2) is 6.60. The smallest absolute Gasteiger partial charge is 0.139 e. The molecule has 0 bridgehead atoms. The van der Waals surface area contributed by atoms with Gasteiger partial charge >= 0.3 is 0 Å². The van der Waals surface area contributed by atoms with E-state index in [9.17, 15) is 5.11 Å². The van der Waals surface area contributed by atoms with Gasteiger partial charge in [0.2, 0.25) is 0 Å². The maximum atomic E-state index is 10.2. The fourth-order valence-corrected chi connectivity index (χ4v) is 3.53. The maximum absolute atomic E-state index is 10.2. The highest BCUT2D eigenvalue weighted by atomic mass is 35.5. The van der Waals surface area contributed by atoms with Gasteiger partial charge in [0.15, 0.2) is 0 Å². The van der Waals surface area contributed by atoms with Crippen molar-refractivity contribution < 1.29 is 5.11 Å². The first-order valence-electron chi connectivity index (χ1n) is 8.31. The molecule has 5 nitrogen and oxygen atoms in total.